The second-order valence-corrected chi connectivity index (χ2v) is 6.61. The Bertz CT molecular complexity index is 838. The fourth-order valence-corrected chi connectivity index (χ4v) is 2.86. The largest absolute Gasteiger partial charge is 0.459 e. The normalized spacial score (nSPS) is 15.3. The number of rotatable bonds is 5. The van der Waals surface area contributed by atoms with Crippen molar-refractivity contribution >= 4 is 40.9 Å². The molecule has 1 aliphatic carbocycles. The lowest BCUT2D eigenvalue weighted by Gasteiger charge is -2.18. The molecule has 1 heterocycles. The summed E-state index contributed by atoms with van der Waals surface area (Å²) in [6, 6.07) is 21.3. The molecule has 4 nitrogen and oxygen atoms in total. The van der Waals surface area contributed by atoms with Gasteiger partial charge in [0.2, 0.25) is 0 Å². The van der Waals surface area contributed by atoms with Crippen LogP contribution in [0.4, 0.5) is 0 Å². The number of fused-ring (bicyclic) bond motifs is 1. The highest BCUT2D eigenvalue weighted by Gasteiger charge is 2.23. The van der Waals surface area contributed by atoms with Gasteiger partial charge in [0, 0.05) is 11.4 Å². The zero-order valence-electron chi connectivity index (χ0n) is 14.8. The number of guanidine groups is 1. The van der Waals surface area contributed by atoms with Crippen molar-refractivity contribution in [3.05, 3.63) is 72.0 Å². The first kappa shape index (κ1) is 18.8. The Balaban J connectivity index is 0.00000196. The monoisotopic (exact) mass is 461 g/mol. The van der Waals surface area contributed by atoms with Gasteiger partial charge >= 0.3 is 0 Å². The Kier molecular flexibility index (Phi) is 6.19. The average molecular weight is 461 g/mol. The van der Waals surface area contributed by atoms with Gasteiger partial charge in [-0.2, -0.15) is 0 Å². The minimum Gasteiger partial charge on any atom is -0.459 e. The minimum atomic E-state index is 0. The lowest BCUT2D eigenvalue weighted by atomic mass is 10.1. The van der Waals surface area contributed by atoms with Crippen molar-refractivity contribution in [2.75, 3.05) is 0 Å². The number of nitrogens with zero attached hydrogens (tertiary/aromatic N) is 1. The molecule has 1 aromatic heterocycles. The zero-order chi connectivity index (χ0) is 17.1. The van der Waals surface area contributed by atoms with Crippen LogP contribution in [-0.2, 0) is 6.54 Å². The Morgan fingerprint density at radius 3 is 2.58 bits per heavy atom. The van der Waals surface area contributed by atoms with Gasteiger partial charge in [-0.15, -0.1) is 24.0 Å². The third-order valence-corrected chi connectivity index (χ3v) is 4.44. The lowest BCUT2D eigenvalue weighted by Crippen LogP contribution is -2.40. The number of para-hydroxylation sites is 1. The van der Waals surface area contributed by atoms with Crippen LogP contribution in [0.2, 0.25) is 0 Å². The van der Waals surface area contributed by atoms with Gasteiger partial charge in [-0.1, -0.05) is 48.5 Å². The summed E-state index contributed by atoms with van der Waals surface area (Å²) in [6.07, 6.45) is 2.43. The Morgan fingerprint density at radius 1 is 1.12 bits per heavy atom. The number of aliphatic imine (C=N–C) groups is 1. The first-order valence-corrected chi connectivity index (χ1v) is 8.88. The molecule has 0 spiro atoms. The van der Waals surface area contributed by atoms with Gasteiger partial charge in [0.25, 0.3) is 0 Å². The molecule has 1 unspecified atom stereocenters. The van der Waals surface area contributed by atoms with Gasteiger partial charge in [0.1, 0.15) is 17.9 Å². The molecule has 1 aliphatic rings. The lowest BCUT2D eigenvalue weighted by molar-refractivity contribution is 0.550. The van der Waals surface area contributed by atoms with E-state index in [9.17, 15) is 0 Å². The van der Waals surface area contributed by atoms with E-state index in [1.54, 1.807) is 0 Å². The molecule has 0 aliphatic heterocycles. The molecule has 0 bridgehead atoms. The van der Waals surface area contributed by atoms with Gasteiger partial charge in [-0.3, -0.25) is 0 Å². The molecular formula is C21H24IN3O. The highest BCUT2D eigenvalue weighted by Crippen LogP contribution is 2.21. The molecule has 0 saturated heterocycles. The second kappa shape index (κ2) is 8.58. The quantitative estimate of drug-likeness (QED) is 0.319. The SMILES string of the molecule is CC(NC(=NCc1cc2ccccc2o1)NC1CC1)c1ccccc1.I. The Hall–Kier alpha value is -2.02. The van der Waals surface area contributed by atoms with Crippen molar-refractivity contribution in [2.45, 2.75) is 38.4 Å². The summed E-state index contributed by atoms with van der Waals surface area (Å²) in [7, 11) is 0. The maximum atomic E-state index is 5.87. The van der Waals surface area contributed by atoms with Crippen molar-refractivity contribution < 1.29 is 4.42 Å². The van der Waals surface area contributed by atoms with Crippen LogP contribution in [0.1, 0.15) is 37.1 Å². The molecule has 2 aromatic carbocycles. The Labute approximate surface area is 171 Å². The van der Waals surface area contributed by atoms with Crippen LogP contribution in [0, 0.1) is 0 Å². The van der Waals surface area contributed by atoms with E-state index in [0.29, 0.717) is 12.6 Å². The molecule has 2 N–H and O–H groups in total. The molecule has 1 atom stereocenters. The van der Waals surface area contributed by atoms with E-state index in [1.165, 1.54) is 18.4 Å². The number of halogens is 1. The first-order chi connectivity index (χ1) is 12.3. The van der Waals surface area contributed by atoms with Crippen LogP contribution in [0.25, 0.3) is 11.0 Å². The van der Waals surface area contributed by atoms with Crippen molar-refractivity contribution in [2.24, 2.45) is 4.99 Å². The summed E-state index contributed by atoms with van der Waals surface area (Å²) in [5.41, 5.74) is 2.16. The van der Waals surface area contributed by atoms with Crippen LogP contribution in [-0.4, -0.2) is 12.0 Å². The van der Waals surface area contributed by atoms with Gasteiger partial charge in [0.05, 0.1) is 6.04 Å². The number of furan rings is 1. The smallest absolute Gasteiger partial charge is 0.192 e. The number of hydrogen-bond donors (Lipinski definition) is 2. The molecule has 136 valence electrons. The highest BCUT2D eigenvalue weighted by atomic mass is 127. The maximum Gasteiger partial charge on any atom is 0.192 e. The van der Waals surface area contributed by atoms with Crippen LogP contribution in [0.5, 0.6) is 0 Å². The van der Waals surface area contributed by atoms with Gasteiger partial charge in [-0.05, 0) is 37.5 Å². The number of benzene rings is 2. The summed E-state index contributed by atoms with van der Waals surface area (Å²) in [5, 5.41) is 8.12. The molecule has 5 heteroatoms. The highest BCUT2D eigenvalue weighted by molar-refractivity contribution is 14.0. The van der Waals surface area contributed by atoms with E-state index in [4.69, 9.17) is 9.41 Å². The molecule has 1 fully saturated rings. The molecular weight excluding hydrogens is 437 g/mol. The summed E-state index contributed by atoms with van der Waals surface area (Å²) in [6.45, 7) is 2.68. The molecule has 3 aromatic rings. The summed E-state index contributed by atoms with van der Waals surface area (Å²) in [4.78, 5) is 4.74. The zero-order valence-corrected chi connectivity index (χ0v) is 17.1. The standard InChI is InChI=1S/C21H23N3O.HI/c1-15(16-7-3-2-4-8-16)23-21(24-18-11-12-18)22-14-19-13-17-9-5-6-10-20(17)25-19;/h2-10,13,15,18H,11-12,14H2,1H3,(H2,22,23,24);1H. The third-order valence-electron chi connectivity index (χ3n) is 4.44. The van der Waals surface area contributed by atoms with E-state index in [0.717, 1.165) is 22.7 Å². The third kappa shape index (κ3) is 4.78. The predicted octanol–water partition coefficient (Wildman–Crippen LogP) is 5.01. The average Bonchev–Trinajstić information content (AvgIpc) is 3.36. The second-order valence-electron chi connectivity index (χ2n) is 6.61. The summed E-state index contributed by atoms with van der Waals surface area (Å²) >= 11 is 0. The molecule has 4 rings (SSSR count). The van der Waals surface area contributed by atoms with Crippen molar-refractivity contribution in [3.8, 4) is 0 Å². The van der Waals surface area contributed by atoms with Crippen molar-refractivity contribution in [1.29, 1.82) is 0 Å². The molecule has 1 saturated carbocycles. The van der Waals surface area contributed by atoms with Crippen LogP contribution >= 0.6 is 24.0 Å². The van der Waals surface area contributed by atoms with E-state index >= 15 is 0 Å². The fourth-order valence-electron chi connectivity index (χ4n) is 2.86. The topological polar surface area (TPSA) is 49.6 Å². The van der Waals surface area contributed by atoms with Gasteiger partial charge in [-0.25, -0.2) is 4.99 Å². The number of hydrogen-bond acceptors (Lipinski definition) is 2. The summed E-state index contributed by atoms with van der Waals surface area (Å²) < 4.78 is 5.87. The van der Waals surface area contributed by atoms with Crippen molar-refractivity contribution in [1.82, 2.24) is 10.6 Å². The number of nitrogens with one attached hydrogen (secondary N) is 2. The van der Waals surface area contributed by atoms with Crippen LogP contribution < -0.4 is 10.6 Å². The Morgan fingerprint density at radius 2 is 1.85 bits per heavy atom. The first-order valence-electron chi connectivity index (χ1n) is 8.88. The summed E-state index contributed by atoms with van der Waals surface area (Å²) in [5.74, 6) is 1.73. The molecule has 26 heavy (non-hydrogen) atoms. The van der Waals surface area contributed by atoms with Crippen LogP contribution in [0.15, 0.2) is 70.1 Å². The van der Waals surface area contributed by atoms with Crippen LogP contribution in [0.3, 0.4) is 0 Å². The maximum absolute atomic E-state index is 5.87. The van der Waals surface area contributed by atoms with E-state index < -0.39 is 0 Å². The van der Waals surface area contributed by atoms with Crippen molar-refractivity contribution in [3.63, 3.8) is 0 Å². The van der Waals surface area contributed by atoms with E-state index in [-0.39, 0.29) is 30.0 Å². The minimum absolute atomic E-state index is 0. The predicted molar refractivity (Wildman–Crippen MR) is 117 cm³/mol. The fraction of sp³-hybridized carbons (Fsp3) is 0.286. The molecule has 0 radical (unpaired) electrons. The molecule has 0 amide bonds. The van der Waals surface area contributed by atoms with Gasteiger partial charge in [0.15, 0.2) is 5.96 Å². The van der Waals surface area contributed by atoms with Gasteiger partial charge < -0.3 is 15.1 Å². The van der Waals surface area contributed by atoms with E-state index in [2.05, 4.69) is 54.0 Å². The van der Waals surface area contributed by atoms with E-state index in [1.807, 2.05) is 24.3 Å².